The molecule has 6 unspecified atom stereocenters. The lowest BCUT2D eigenvalue weighted by Gasteiger charge is -2.19. The number of aliphatic hydroxyl groups excluding tert-OH is 1. The van der Waals surface area contributed by atoms with Gasteiger partial charge in [-0.15, -0.1) is 44.6 Å². The van der Waals surface area contributed by atoms with E-state index in [1.54, 1.807) is 30.6 Å². The van der Waals surface area contributed by atoms with Crippen molar-refractivity contribution in [3.8, 4) is 11.1 Å². The number of nitrogens with one attached hydrogen (secondary N) is 1. The van der Waals surface area contributed by atoms with E-state index in [9.17, 15) is 9.90 Å². The van der Waals surface area contributed by atoms with Crippen molar-refractivity contribution in [1.29, 1.82) is 0 Å². The quantitative estimate of drug-likeness (QED) is 0.184. The van der Waals surface area contributed by atoms with Gasteiger partial charge in [0.15, 0.2) is 0 Å². The Hall–Kier alpha value is 0.410. The lowest BCUT2D eigenvalue weighted by Crippen LogP contribution is -2.31. The third-order valence-corrected chi connectivity index (χ3v) is 43.9. The first-order valence-corrected chi connectivity index (χ1v) is 25.6. The van der Waals surface area contributed by atoms with Crippen LogP contribution in [0, 0.1) is 5.82 Å². The molecular formula is C23H32ClFN4O2P8. The number of hydrogen-bond acceptors (Lipinski definition) is 5. The van der Waals surface area contributed by atoms with Gasteiger partial charge in [0.1, 0.15) is 16.8 Å². The van der Waals surface area contributed by atoms with E-state index in [1.165, 1.54) is 11.0 Å². The molecule has 0 bridgehead atoms. The number of aromatic nitrogens is 2. The van der Waals surface area contributed by atoms with E-state index in [1.807, 2.05) is 19.1 Å². The second kappa shape index (κ2) is 16.3. The molecule has 3 heterocycles. The first-order chi connectivity index (χ1) is 18.5. The number of anilines is 2. The molecule has 2 aromatic heterocycles. The number of hydrogen-bond donors (Lipinski definition) is 2. The highest BCUT2D eigenvalue weighted by molar-refractivity contribution is 9.06. The van der Waals surface area contributed by atoms with Crippen LogP contribution in [0.25, 0.3) is 11.1 Å². The number of halogens is 2. The van der Waals surface area contributed by atoms with Gasteiger partial charge in [-0.3, -0.25) is 4.79 Å². The molecule has 16 heteroatoms. The van der Waals surface area contributed by atoms with Gasteiger partial charge in [0.25, 0.3) is 0 Å². The van der Waals surface area contributed by atoms with Crippen LogP contribution in [0.3, 0.4) is 0 Å². The van der Waals surface area contributed by atoms with Crippen molar-refractivity contribution in [2.45, 2.75) is 25.8 Å². The van der Waals surface area contributed by atoms with Gasteiger partial charge in [-0.2, -0.15) is 0 Å². The van der Waals surface area contributed by atoms with Gasteiger partial charge in [0.05, 0.1) is 18.7 Å². The molecule has 0 aliphatic carbocycles. The van der Waals surface area contributed by atoms with Crippen LogP contribution in [0.1, 0.15) is 18.1 Å². The highest BCUT2D eigenvalue weighted by Gasteiger charge is 2.29. The number of benzene rings is 1. The summed E-state index contributed by atoms with van der Waals surface area (Å²) in [6.07, 6.45) is 3.84. The molecule has 0 radical (unpaired) electrons. The van der Waals surface area contributed by atoms with E-state index in [0.29, 0.717) is 35.6 Å². The first kappa shape index (κ1) is 33.9. The van der Waals surface area contributed by atoms with Gasteiger partial charge in [0.2, 0.25) is 5.91 Å². The maximum Gasteiger partial charge on any atom is 0.231 e. The summed E-state index contributed by atoms with van der Waals surface area (Å²) in [7, 11) is 14.4. The van der Waals surface area contributed by atoms with Crippen molar-refractivity contribution in [2.75, 3.05) is 23.4 Å². The molecule has 39 heavy (non-hydrogen) atoms. The molecule has 6 atom stereocenters. The number of carbonyl (C=O) groups is 1. The van der Waals surface area contributed by atoms with Gasteiger partial charge >= 0.3 is 0 Å². The summed E-state index contributed by atoms with van der Waals surface area (Å²) in [6, 6.07) is 10.3. The van der Waals surface area contributed by atoms with E-state index < -0.39 is 5.82 Å². The Morgan fingerprint density at radius 2 is 1.85 bits per heavy atom. The molecule has 0 fully saturated rings. The normalized spacial score (nSPS) is 13.4. The van der Waals surface area contributed by atoms with E-state index in [2.05, 4.69) is 59.9 Å². The Morgan fingerprint density at radius 3 is 2.46 bits per heavy atom. The summed E-state index contributed by atoms with van der Waals surface area (Å²) in [6.45, 7) is 2.73. The van der Waals surface area contributed by atoms with Crippen LogP contribution in [-0.2, 0) is 17.6 Å². The van der Waals surface area contributed by atoms with Crippen LogP contribution in [0.15, 0.2) is 48.8 Å². The molecule has 0 saturated heterocycles. The standard InChI is InChI=1S/C23H22ClFN4O2.H10P8/c1-14(13-30)28-20-11-15(4-7-26-20)18-9-16-5-8-29(22(16)19(25)10-18)21(31)12-17-3-2-6-27-23(17)24;1-6(2)8(5)7(3)4/h2-4,6-7,9-11,14,30H,5,8,12-13H2,1H3,(H,26,28);1-5H2. The first-order valence-electron chi connectivity index (χ1n) is 11.7. The van der Waals surface area contributed by atoms with Gasteiger partial charge < -0.3 is 15.3 Å². The van der Waals surface area contributed by atoms with Gasteiger partial charge in [-0.05, 0) is 86.9 Å². The Balaban J connectivity index is 0.000000459. The minimum absolute atomic E-state index is 0.0203. The molecule has 6 nitrogen and oxygen atoms in total. The molecule has 2 N–H and O–H groups in total. The molecule has 210 valence electrons. The summed E-state index contributed by atoms with van der Waals surface area (Å²) in [5.41, 5.74) is 3.25. The summed E-state index contributed by atoms with van der Waals surface area (Å²) >= 11 is 6.07. The molecule has 0 spiro atoms. The number of rotatable bonds is 8. The van der Waals surface area contributed by atoms with Crippen LogP contribution in [-0.4, -0.2) is 40.2 Å². The molecule has 1 amide bonds. The fourth-order valence-corrected chi connectivity index (χ4v) is 32.9. The van der Waals surface area contributed by atoms with Crippen molar-refractivity contribution in [3.63, 3.8) is 0 Å². The fourth-order valence-electron chi connectivity index (χ4n) is 3.82. The van der Waals surface area contributed by atoms with Crippen molar-refractivity contribution in [3.05, 3.63) is 70.9 Å². The predicted octanol–water partition coefficient (Wildman–Crippen LogP) is 8.07. The number of carbonyl (C=O) groups excluding carboxylic acids is 1. The zero-order valence-corrected chi connectivity index (χ0v) is 30.4. The summed E-state index contributed by atoms with van der Waals surface area (Å²) in [5.74, 6) is -0.0514. The number of pyridine rings is 2. The van der Waals surface area contributed by atoms with Crippen molar-refractivity contribution < 1.29 is 14.3 Å². The minimum Gasteiger partial charge on any atom is -0.394 e. The third kappa shape index (κ3) is 9.71. The minimum atomic E-state index is -0.439. The predicted molar refractivity (Wildman–Crippen MR) is 188 cm³/mol. The van der Waals surface area contributed by atoms with Crippen LogP contribution in [0.5, 0.6) is 0 Å². The maximum atomic E-state index is 15.1. The van der Waals surface area contributed by atoms with Crippen LogP contribution < -0.4 is 10.2 Å². The van der Waals surface area contributed by atoms with Gasteiger partial charge in [-0.1, -0.05) is 17.7 Å². The topological polar surface area (TPSA) is 78.4 Å². The molecule has 3 aromatic rings. The average Bonchev–Trinajstić information content (AvgIpc) is 3.35. The zero-order valence-electron chi connectivity index (χ0n) is 21.2. The Morgan fingerprint density at radius 1 is 1.13 bits per heavy atom. The highest BCUT2D eigenvalue weighted by Crippen LogP contribution is 3.00. The van der Waals surface area contributed by atoms with E-state index in [0.717, 1.165) is 11.1 Å². The Kier molecular flexibility index (Phi) is 14.2. The van der Waals surface area contributed by atoms with Crippen LogP contribution >= 0.6 is 77.2 Å². The molecule has 4 rings (SSSR count). The molecule has 1 aromatic carbocycles. The third-order valence-electron chi connectivity index (χ3n) is 5.73. The monoisotopic (exact) mass is 698 g/mol. The molecule has 1 aliphatic heterocycles. The SMILES string of the molecule is CC(CO)Nc1cc(-c2cc(F)c3c(c2)CCN3C(=O)Cc2cccnc2Cl)ccn1.PP(P)P(P)P(P)P. The largest absolute Gasteiger partial charge is 0.394 e. The second-order valence-electron chi connectivity index (χ2n) is 8.63. The average molecular weight is 699 g/mol. The Labute approximate surface area is 249 Å². The smallest absolute Gasteiger partial charge is 0.231 e. The molecule has 0 saturated carbocycles. The van der Waals surface area contributed by atoms with Gasteiger partial charge in [-0.25, -0.2) is 14.4 Å². The fraction of sp³-hybridized carbons (Fsp3) is 0.261. The number of fused-ring (bicyclic) bond motifs is 1. The lowest BCUT2D eigenvalue weighted by molar-refractivity contribution is -0.117. The van der Waals surface area contributed by atoms with Crippen molar-refractivity contribution in [1.82, 2.24) is 9.97 Å². The molecular weight excluding hydrogens is 667 g/mol. The molecule has 1 aliphatic rings. The van der Waals surface area contributed by atoms with E-state index in [-0.39, 0.29) is 51.1 Å². The van der Waals surface area contributed by atoms with E-state index >= 15 is 4.39 Å². The van der Waals surface area contributed by atoms with Crippen molar-refractivity contribution >= 4 is 94.6 Å². The summed E-state index contributed by atoms with van der Waals surface area (Å²) in [5, 5.41) is 12.6. The number of amides is 1. The highest BCUT2D eigenvalue weighted by atomic mass is 35.5. The zero-order chi connectivity index (χ0) is 28.7. The van der Waals surface area contributed by atoms with Gasteiger partial charge in [0, 0.05) is 25.0 Å². The summed E-state index contributed by atoms with van der Waals surface area (Å²) < 4.78 is 15.1. The Bertz CT molecular complexity index is 1280. The van der Waals surface area contributed by atoms with Crippen molar-refractivity contribution in [2.24, 2.45) is 0 Å². The van der Waals surface area contributed by atoms with E-state index in [4.69, 9.17) is 11.6 Å². The summed E-state index contributed by atoms with van der Waals surface area (Å²) in [4.78, 5) is 22.6. The second-order valence-corrected chi connectivity index (χ2v) is 37.1. The lowest BCUT2D eigenvalue weighted by atomic mass is 10.0. The van der Waals surface area contributed by atoms with Crippen LogP contribution in [0.2, 0.25) is 5.15 Å². The number of nitrogens with zero attached hydrogens (tertiary/aromatic N) is 3. The maximum absolute atomic E-state index is 15.1. The van der Waals surface area contributed by atoms with Crippen LogP contribution in [0.4, 0.5) is 15.9 Å². The number of aliphatic hydroxyl groups is 1.